The van der Waals surface area contributed by atoms with E-state index in [2.05, 4.69) is 15.9 Å². The van der Waals surface area contributed by atoms with Gasteiger partial charge >= 0.3 is 12.4 Å². The zero-order valence-electron chi connectivity index (χ0n) is 12.1. The third-order valence-electron chi connectivity index (χ3n) is 4.14. The Balaban J connectivity index is 1.92. The van der Waals surface area contributed by atoms with Crippen molar-refractivity contribution in [2.24, 2.45) is 0 Å². The van der Waals surface area contributed by atoms with E-state index in [1.54, 1.807) is 0 Å². The van der Waals surface area contributed by atoms with E-state index < -0.39 is 23.5 Å². The van der Waals surface area contributed by atoms with Crippen molar-refractivity contribution in [2.45, 2.75) is 31.1 Å². The second-order valence-electron chi connectivity index (χ2n) is 5.86. The molecule has 7 heteroatoms. The average molecular weight is 409 g/mol. The third kappa shape index (κ3) is 3.45. The predicted octanol–water partition coefficient (Wildman–Crippen LogP) is 6.37. The smallest absolute Gasteiger partial charge is 0.166 e. The van der Waals surface area contributed by atoms with Gasteiger partial charge in [-0.25, -0.2) is 0 Å². The lowest BCUT2D eigenvalue weighted by atomic mass is 9.74. The molecule has 0 aromatic heterocycles. The van der Waals surface area contributed by atoms with Gasteiger partial charge in [0.25, 0.3) is 0 Å². The minimum Gasteiger partial charge on any atom is -0.166 e. The van der Waals surface area contributed by atoms with Crippen LogP contribution in [0.5, 0.6) is 0 Å². The molecular weight excluding hydrogens is 398 g/mol. The number of rotatable bonds is 2. The zero-order chi connectivity index (χ0) is 17.7. The first-order chi connectivity index (χ1) is 11.0. The van der Waals surface area contributed by atoms with Gasteiger partial charge < -0.3 is 0 Å². The summed E-state index contributed by atoms with van der Waals surface area (Å²) in [4.78, 5) is 0. The van der Waals surface area contributed by atoms with Gasteiger partial charge in [-0.2, -0.15) is 26.3 Å². The van der Waals surface area contributed by atoms with Gasteiger partial charge in [0, 0.05) is 4.47 Å². The van der Waals surface area contributed by atoms with Crippen LogP contribution in [0.2, 0.25) is 0 Å². The fraction of sp³-hybridized carbons (Fsp3) is 0.294. The second-order valence-corrected chi connectivity index (χ2v) is 6.78. The summed E-state index contributed by atoms with van der Waals surface area (Å²) in [5.41, 5.74) is -0.428. The van der Waals surface area contributed by atoms with Crippen LogP contribution in [0.3, 0.4) is 0 Å². The Kier molecular flexibility index (Phi) is 4.18. The molecule has 1 unspecified atom stereocenters. The van der Waals surface area contributed by atoms with Crippen molar-refractivity contribution in [1.82, 2.24) is 0 Å². The molecule has 1 atom stereocenters. The van der Waals surface area contributed by atoms with E-state index in [9.17, 15) is 26.3 Å². The number of benzene rings is 2. The summed E-state index contributed by atoms with van der Waals surface area (Å²) >= 11 is 3.33. The molecule has 0 amide bonds. The van der Waals surface area contributed by atoms with Crippen molar-refractivity contribution in [3.05, 3.63) is 68.7 Å². The van der Waals surface area contributed by atoms with E-state index in [0.717, 1.165) is 27.7 Å². The summed E-state index contributed by atoms with van der Waals surface area (Å²) in [5.74, 6) is -0.0577. The molecule has 0 radical (unpaired) electrons. The van der Waals surface area contributed by atoms with Crippen LogP contribution in [-0.2, 0) is 25.2 Å². The molecule has 2 aromatic rings. The first kappa shape index (κ1) is 17.3. The van der Waals surface area contributed by atoms with Gasteiger partial charge in [0.2, 0.25) is 0 Å². The van der Waals surface area contributed by atoms with Crippen molar-refractivity contribution in [3.8, 4) is 0 Å². The molecule has 0 saturated carbocycles. The van der Waals surface area contributed by atoms with Crippen molar-refractivity contribution in [2.75, 3.05) is 0 Å². The van der Waals surface area contributed by atoms with E-state index in [0.29, 0.717) is 6.42 Å². The summed E-state index contributed by atoms with van der Waals surface area (Å²) < 4.78 is 78.2. The van der Waals surface area contributed by atoms with Crippen LogP contribution in [0.15, 0.2) is 40.9 Å². The maximum absolute atomic E-state index is 12.9. The normalized spacial score (nSPS) is 17.4. The predicted molar refractivity (Wildman–Crippen MR) is 80.7 cm³/mol. The SMILES string of the molecule is FC(F)(F)c1cc(CC2Cc3cc(Br)ccc32)cc(C(F)(F)F)c1. The molecule has 1 aliphatic carbocycles. The highest BCUT2D eigenvalue weighted by molar-refractivity contribution is 9.10. The molecule has 24 heavy (non-hydrogen) atoms. The van der Waals surface area contributed by atoms with Crippen LogP contribution in [0.25, 0.3) is 0 Å². The van der Waals surface area contributed by atoms with E-state index in [4.69, 9.17) is 0 Å². The quantitative estimate of drug-likeness (QED) is 0.506. The number of alkyl halides is 6. The van der Waals surface area contributed by atoms with Crippen LogP contribution in [0.1, 0.15) is 33.7 Å². The standard InChI is InChI=1S/C17H11BrF6/c18-14-1-2-15-10(6-11(15)7-14)3-9-4-12(16(19,20)21)8-13(5-9)17(22,23)24/h1-2,4-5,7-8,10H,3,6H2. The molecule has 0 heterocycles. The highest BCUT2D eigenvalue weighted by atomic mass is 79.9. The second kappa shape index (κ2) is 5.79. The summed E-state index contributed by atoms with van der Waals surface area (Å²) in [6.07, 6.45) is -8.81. The van der Waals surface area contributed by atoms with Crippen LogP contribution in [-0.4, -0.2) is 0 Å². The van der Waals surface area contributed by atoms with Gasteiger partial charge in [-0.1, -0.05) is 22.0 Å². The van der Waals surface area contributed by atoms with Crippen molar-refractivity contribution >= 4 is 15.9 Å². The zero-order valence-corrected chi connectivity index (χ0v) is 13.7. The van der Waals surface area contributed by atoms with E-state index >= 15 is 0 Å². The molecular formula is C17H11BrF6. The highest BCUT2D eigenvalue weighted by Crippen LogP contribution is 2.41. The Hall–Kier alpha value is -1.50. The average Bonchev–Trinajstić information content (AvgIpc) is 2.43. The molecule has 2 aromatic carbocycles. The molecule has 3 rings (SSSR count). The topological polar surface area (TPSA) is 0 Å². The summed E-state index contributed by atoms with van der Waals surface area (Å²) in [7, 11) is 0. The van der Waals surface area contributed by atoms with Gasteiger partial charge in [0.1, 0.15) is 0 Å². The Morgan fingerprint density at radius 2 is 1.46 bits per heavy atom. The summed E-state index contributed by atoms with van der Waals surface area (Å²) in [6.45, 7) is 0. The molecule has 0 saturated heterocycles. The Bertz CT molecular complexity index is 743. The molecule has 0 fully saturated rings. The largest absolute Gasteiger partial charge is 0.416 e. The molecule has 0 spiro atoms. The maximum atomic E-state index is 12.9. The van der Waals surface area contributed by atoms with E-state index in [-0.39, 0.29) is 24.0 Å². The van der Waals surface area contributed by atoms with Gasteiger partial charge in [-0.05, 0) is 65.8 Å². The molecule has 1 aliphatic rings. The summed E-state index contributed by atoms with van der Waals surface area (Å²) in [6, 6.07) is 7.37. The summed E-state index contributed by atoms with van der Waals surface area (Å²) in [5, 5.41) is 0. The lowest BCUT2D eigenvalue weighted by molar-refractivity contribution is -0.143. The Morgan fingerprint density at radius 3 is 1.96 bits per heavy atom. The van der Waals surface area contributed by atoms with Crippen LogP contribution < -0.4 is 0 Å². The first-order valence-corrected chi connectivity index (χ1v) is 7.90. The number of hydrogen-bond donors (Lipinski definition) is 0. The van der Waals surface area contributed by atoms with E-state index in [1.165, 1.54) is 0 Å². The number of hydrogen-bond acceptors (Lipinski definition) is 0. The number of halogens is 7. The molecule has 0 bridgehead atoms. The Morgan fingerprint density at radius 1 is 0.875 bits per heavy atom. The third-order valence-corrected chi connectivity index (χ3v) is 4.63. The van der Waals surface area contributed by atoms with Gasteiger partial charge in [-0.15, -0.1) is 0 Å². The van der Waals surface area contributed by atoms with Gasteiger partial charge in [0.05, 0.1) is 11.1 Å². The van der Waals surface area contributed by atoms with Gasteiger partial charge in [0.15, 0.2) is 0 Å². The monoisotopic (exact) mass is 408 g/mol. The van der Waals surface area contributed by atoms with Crippen LogP contribution in [0.4, 0.5) is 26.3 Å². The molecule has 0 nitrogen and oxygen atoms in total. The minimum absolute atomic E-state index is 0.0516. The van der Waals surface area contributed by atoms with Crippen molar-refractivity contribution in [3.63, 3.8) is 0 Å². The van der Waals surface area contributed by atoms with Gasteiger partial charge in [-0.3, -0.25) is 0 Å². The van der Waals surface area contributed by atoms with Crippen LogP contribution in [0, 0.1) is 0 Å². The fourth-order valence-corrected chi connectivity index (χ4v) is 3.41. The van der Waals surface area contributed by atoms with Crippen molar-refractivity contribution < 1.29 is 26.3 Å². The molecule has 0 aliphatic heterocycles. The molecule has 0 N–H and O–H groups in total. The number of fused-ring (bicyclic) bond motifs is 1. The fourth-order valence-electron chi connectivity index (χ4n) is 3.00. The lowest BCUT2D eigenvalue weighted by Crippen LogP contribution is -2.20. The maximum Gasteiger partial charge on any atom is 0.416 e. The van der Waals surface area contributed by atoms with Crippen molar-refractivity contribution in [1.29, 1.82) is 0 Å². The minimum atomic E-state index is -4.81. The Labute approximate surface area is 142 Å². The molecule has 128 valence electrons. The lowest BCUT2D eigenvalue weighted by Gasteiger charge is -2.31. The highest BCUT2D eigenvalue weighted by Gasteiger charge is 2.37. The van der Waals surface area contributed by atoms with E-state index in [1.807, 2.05) is 18.2 Å². The first-order valence-electron chi connectivity index (χ1n) is 7.11. The van der Waals surface area contributed by atoms with Crippen LogP contribution >= 0.6 is 15.9 Å².